The maximum absolute atomic E-state index is 5.93. The van der Waals surface area contributed by atoms with E-state index >= 15 is 0 Å². The fraction of sp³-hybridized carbons (Fsp3) is 0.538. The molecule has 0 aliphatic carbocycles. The van der Waals surface area contributed by atoms with E-state index in [-0.39, 0.29) is 0 Å². The lowest BCUT2D eigenvalue weighted by atomic mass is 10.3. The minimum Gasteiger partial charge on any atom is -0.126 e. The van der Waals surface area contributed by atoms with E-state index in [1.165, 1.54) is 0 Å². The molecule has 0 fully saturated rings. The average Bonchev–Trinajstić information content (AvgIpc) is 2.27. The Hall–Kier alpha value is 0.0169. The summed E-state index contributed by atoms with van der Waals surface area (Å²) in [4.78, 5) is 0. The first kappa shape index (κ1) is 16.0. The molecule has 0 nitrogen and oxygen atoms in total. The Morgan fingerprint density at radius 1 is 0.875 bits per heavy atom. The van der Waals surface area contributed by atoms with Crippen LogP contribution in [0.3, 0.4) is 0 Å². The largest absolute Gasteiger partial charge is 0.126 e. The zero-order valence-electron chi connectivity index (χ0n) is 9.93. The zero-order chi connectivity index (χ0) is 12.4. The molecule has 0 aliphatic rings. The lowest BCUT2D eigenvalue weighted by Crippen LogP contribution is -2.35. The standard InChI is InChI=1S/C13H22Cl2Si/c1-4-7-16(8-5-2,9-6-3)12-13(10-14)11-15/h4-6,13H,1-3,7-12H2. The van der Waals surface area contributed by atoms with Crippen molar-refractivity contribution in [2.45, 2.75) is 24.2 Å². The summed E-state index contributed by atoms with van der Waals surface area (Å²) in [5, 5.41) is 0. The third-order valence-corrected chi connectivity index (χ3v) is 8.67. The van der Waals surface area contributed by atoms with Gasteiger partial charge < -0.3 is 0 Å². The van der Waals surface area contributed by atoms with Gasteiger partial charge in [-0.05, 0) is 24.1 Å². The van der Waals surface area contributed by atoms with E-state index in [1.807, 2.05) is 18.2 Å². The van der Waals surface area contributed by atoms with Crippen LogP contribution in [0.4, 0.5) is 0 Å². The van der Waals surface area contributed by atoms with Gasteiger partial charge in [-0.15, -0.1) is 42.9 Å². The average molecular weight is 277 g/mol. The van der Waals surface area contributed by atoms with E-state index in [0.717, 1.165) is 24.2 Å². The second-order valence-corrected chi connectivity index (χ2v) is 9.61. The fourth-order valence-electron chi connectivity index (χ4n) is 2.18. The van der Waals surface area contributed by atoms with Crippen molar-refractivity contribution in [2.75, 3.05) is 11.8 Å². The predicted octanol–water partition coefficient (Wildman–Crippen LogP) is 5.09. The van der Waals surface area contributed by atoms with Gasteiger partial charge in [-0.3, -0.25) is 0 Å². The molecule has 0 heterocycles. The summed E-state index contributed by atoms with van der Waals surface area (Å²) in [7, 11) is -1.42. The SMILES string of the molecule is C=CC[Si](CC=C)(CC=C)CC(CCl)CCl. The highest BCUT2D eigenvalue weighted by atomic mass is 35.5. The van der Waals surface area contributed by atoms with Crippen LogP contribution in [0.2, 0.25) is 24.2 Å². The maximum atomic E-state index is 5.93. The van der Waals surface area contributed by atoms with Gasteiger partial charge in [0.25, 0.3) is 0 Å². The number of allylic oxidation sites excluding steroid dienone is 3. The van der Waals surface area contributed by atoms with Crippen molar-refractivity contribution >= 4 is 31.3 Å². The third-order valence-electron chi connectivity index (χ3n) is 2.89. The van der Waals surface area contributed by atoms with Crippen LogP contribution < -0.4 is 0 Å². The highest BCUT2D eigenvalue weighted by molar-refractivity contribution is 6.81. The van der Waals surface area contributed by atoms with E-state index in [4.69, 9.17) is 23.2 Å². The van der Waals surface area contributed by atoms with Gasteiger partial charge in [0.15, 0.2) is 0 Å². The van der Waals surface area contributed by atoms with E-state index in [0.29, 0.717) is 17.7 Å². The highest BCUT2D eigenvalue weighted by Crippen LogP contribution is 2.31. The van der Waals surface area contributed by atoms with Gasteiger partial charge in [0, 0.05) is 11.8 Å². The van der Waals surface area contributed by atoms with Crippen molar-refractivity contribution in [3.8, 4) is 0 Å². The Morgan fingerprint density at radius 2 is 1.25 bits per heavy atom. The lowest BCUT2D eigenvalue weighted by Gasteiger charge is -2.31. The molecule has 0 bridgehead atoms. The van der Waals surface area contributed by atoms with Gasteiger partial charge in [-0.25, -0.2) is 0 Å². The summed E-state index contributed by atoms with van der Waals surface area (Å²) < 4.78 is 0. The molecule has 92 valence electrons. The molecule has 0 saturated heterocycles. The summed E-state index contributed by atoms with van der Waals surface area (Å²) in [6, 6.07) is 4.42. The Kier molecular flexibility index (Phi) is 9.10. The number of halogens is 2. The van der Waals surface area contributed by atoms with E-state index in [9.17, 15) is 0 Å². The lowest BCUT2D eigenvalue weighted by molar-refractivity contribution is 0.731. The molecule has 0 saturated carbocycles. The molecule has 0 aromatic rings. The molecule has 0 aromatic carbocycles. The molecule has 16 heavy (non-hydrogen) atoms. The number of hydrogen-bond acceptors (Lipinski definition) is 0. The first-order chi connectivity index (χ1) is 7.67. The van der Waals surface area contributed by atoms with Crippen molar-refractivity contribution in [3.63, 3.8) is 0 Å². The van der Waals surface area contributed by atoms with Crippen LogP contribution in [0.15, 0.2) is 38.0 Å². The molecule has 0 spiro atoms. The molecular weight excluding hydrogens is 255 g/mol. The van der Waals surface area contributed by atoms with Crippen LogP contribution in [0, 0.1) is 5.92 Å². The smallest absolute Gasteiger partial charge is 0.0651 e. The van der Waals surface area contributed by atoms with Crippen LogP contribution in [-0.2, 0) is 0 Å². The van der Waals surface area contributed by atoms with Crippen LogP contribution in [0.1, 0.15) is 0 Å². The van der Waals surface area contributed by atoms with Crippen molar-refractivity contribution < 1.29 is 0 Å². The summed E-state index contributed by atoms with van der Waals surface area (Å²) in [6.07, 6.45) is 6.08. The van der Waals surface area contributed by atoms with Crippen molar-refractivity contribution in [3.05, 3.63) is 38.0 Å². The molecule has 0 rings (SSSR count). The minimum atomic E-state index is -1.42. The summed E-state index contributed by atoms with van der Waals surface area (Å²) >= 11 is 11.9. The summed E-state index contributed by atoms with van der Waals surface area (Å²) in [6.45, 7) is 11.6. The third kappa shape index (κ3) is 5.38. The Labute approximate surface area is 111 Å². The van der Waals surface area contributed by atoms with Crippen LogP contribution in [-0.4, -0.2) is 19.8 Å². The number of rotatable bonds is 10. The molecule has 0 aromatic heterocycles. The van der Waals surface area contributed by atoms with Gasteiger partial charge in [0.1, 0.15) is 0 Å². The van der Waals surface area contributed by atoms with Crippen LogP contribution >= 0.6 is 23.2 Å². The van der Waals surface area contributed by atoms with E-state index < -0.39 is 8.07 Å². The molecule has 0 radical (unpaired) electrons. The maximum Gasteiger partial charge on any atom is 0.0651 e. The fourth-order valence-corrected chi connectivity index (χ4v) is 7.45. The highest BCUT2D eigenvalue weighted by Gasteiger charge is 2.31. The quantitative estimate of drug-likeness (QED) is 0.296. The molecule has 0 atom stereocenters. The number of alkyl halides is 2. The molecule has 0 aliphatic heterocycles. The Morgan fingerprint density at radius 3 is 1.50 bits per heavy atom. The van der Waals surface area contributed by atoms with E-state index in [2.05, 4.69) is 19.7 Å². The van der Waals surface area contributed by atoms with E-state index in [1.54, 1.807) is 0 Å². The van der Waals surface area contributed by atoms with Gasteiger partial charge in [0.2, 0.25) is 0 Å². The Balaban J connectivity index is 4.75. The summed E-state index contributed by atoms with van der Waals surface area (Å²) in [5.74, 6) is 1.70. The summed E-state index contributed by atoms with van der Waals surface area (Å²) in [5.41, 5.74) is 0. The molecule has 0 unspecified atom stereocenters. The number of hydrogen-bond donors (Lipinski definition) is 0. The monoisotopic (exact) mass is 276 g/mol. The molecule has 0 N–H and O–H groups in total. The molecule has 0 amide bonds. The van der Waals surface area contributed by atoms with Crippen LogP contribution in [0.5, 0.6) is 0 Å². The van der Waals surface area contributed by atoms with Gasteiger partial charge in [0.05, 0.1) is 8.07 Å². The minimum absolute atomic E-state index is 0.412. The zero-order valence-corrected chi connectivity index (χ0v) is 12.4. The second-order valence-electron chi connectivity index (χ2n) is 4.36. The second kappa shape index (κ2) is 9.09. The topological polar surface area (TPSA) is 0 Å². The van der Waals surface area contributed by atoms with Gasteiger partial charge in [-0.2, -0.15) is 0 Å². The predicted molar refractivity (Wildman–Crippen MR) is 80.5 cm³/mol. The molecule has 3 heteroatoms. The molecular formula is C13H22Cl2Si. The van der Waals surface area contributed by atoms with Crippen molar-refractivity contribution in [2.24, 2.45) is 5.92 Å². The Bertz CT molecular complexity index is 195. The van der Waals surface area contributed by atoms with Crippen LogP contribution in [0.25, 0.3) is 0 Å². The normalized spacial score (nSPS) is 11.4. The van der Waals surface area contributed by atoms with Gasteiger partial charge in [-0.1, -0.05) is 24.3 Å². The first-order valence-corrected chi connectivity index (χ1v) is 9.52. The van der Waals surface area contributed by atoms with Crippen molar-refractivity contribution in [1.82, 2.24) is 0 Å². The van der Waals surface area contributed by atoms with Crippen molar-refractivity contribution in [1.29, 1.82) is 0 Å². The van der Waals surface area contributed by atoms with Gasteiger partial charge >= 0.3 is 0 Å². The first-order valence-electron chi connectivity index (χ1n) is 5.62.